The van der Waals surface area contributed by atoms with Gasteiger partial charge in [0.15, 0.2) is 0 Å². The third-order valence-corrected chi connectivity index (χ3v) is 5.26. The molecule has 2 unspecified atom stereocenters. The van der Waals surface area contributed by atoms with Crippen molar-refractivity contribution < 1.29 is 0 Å². The van der Waals surface area contributed by atoms with Gasteiger partial charge in [-0.3, -0.25) is 0 Å². The Balaban J connectivity index is 2.61. The Morgan fingerprint density at radius 2 is 1.94 bits per heavy atom. The van der Waals surface area contributed by atoms with Crippen LogP contribution in [0.4, 0.5) is 0 Å². The Labute approximate surface area is 109 Å². The molecule has 0 aliphatic carbocycles. The Morgan fingerprint density at radius 3 is 2.38 bits per heavy atom. The number of thiophene rings is 1. The predicted molar refractivity (Wildman–Crippen MR) is 75.5 cm³/mol. The van der Waals surface area contributed by atoms with Gasteiger partial charge in [-0.25, -0.2) is 0 Å². The number of halogens is 1. The first-order chi connectivity index (χ1) is 7.34. The van der Waals surface area contributed by atoms with E-state index >= 15 is 0 Å². The van der Waals surface area contributed by atoms with Crippen molar-refractivity contribution in [1.82, 2.24) is 0 Å². The van der Waals surface area contributed by atoms with Gasteiger partial charge in [-0.05, 0) is 36.3 Å². The summed E-state index contributed by atoms with van der Waals surface area (Å²) in [6.45, 7) is 11.3. The summed E-state index contributed by atoms with van der Waals surface area (Å²) in [6, 6.07) is 4.40. The van der Waals surface area contributed by atoms with Crippen LogP contribution in [0.3, 0.4) is 0 Å². The largest absolute Gasteiger partial charge is 0.144 e. The zero-order valence-electron chi connectivity index (χ0n) is 11.0. The number of hydrogen-bond donors (Lipinski definition) is 0. The average Bonchev–Trinajstić information content (AvgIpc) is 2.64. The van der Waals surface area contributed by atoms with Gasteiger partial charge >= 0.3 is 0 Å². The number of alkyl halides is 1. The average molecular weight is 259 g/mol. The molecule has 0 fully saturated rings. The van der Waals surface area contributed by atoms with E-state index in [4.69, 9.17) is 11.6 Å². The highest BCUT2D eigenvalue weighted by atomic mass is 35.5. The third-order valence-electron chi connectivity index (χ3n) is 3.38. The molecule has 1 rings (SSSR count). The molecule has 0 aliphatic heterocycles. The lowest BCUT2D eigenvalue weighted by atomic mass is 9.79. The Bertz CT molecular complexity index is 322. The summed E-state index contributed by atoms with van der Waals surface area (Å²) in [6.07, 6.45) is 2.18. The molecule has 1 aromatic rings. The van der Waals surface area contributed by atoms with Gasteiger partial charge in [0.1, 0.15) is 0 Å². The Morgan fingerprint density at radius 1 is 1.31 bits per heavy atom. The van der Waals surface area contributed by atoms with Gasteiger partial charge < -0.3 is 0 Å². The monoisotopic (exact) mass is 258 g/mol. The molecule has 0 saturated heterocycles. The highest BCUT2D eigenvalue weighted by Crippen LogP contribution is 2.38. The van der Waals surface area contributed by atoms with Gasteiger partial charge in [-0.15, -0.1) is 22.9 Å². The Kier molecular flexibility index (Phi) is 4.88. The quantitative estimate of drug-likeness (QED) is 0.611. The maximum Gasteiger partial charge on any atom is 0.0681 e. The fraction of sp³-hybridized carbons (Fsp3) is 0.714. The van der Waals surface area contributed by atoms with Crippen molar-refractivity contribution in [2.45, 2.75) is 52.8 Å². The van der Waals surface area contributed by atoms with Crippen LogP contribution in [0.5, 0.6) is 0 Å². The van der Waals surface area contributed by atoms with Crippen molar-refractivity contribution >= 4 is 22.9 Å². The van der Waals surface area contributed by atoms with Gasteiger partial charge in [0.05, 0.1) is 5.38 Å². The van der Waals surface area contributed by atoms with E-state index in [2.05, 4.69) is 46.8 Å². The van der Waals surface area contributed by atoms with Crippen molar-refractivity contribution in [2.24, 2.45) is 11.3 Å². The molecule has 2 atom stereocenters. The summed E-state index contributed by atoms with van der Waals surface area (Å²) in [5, 5.41) is 0.180. The van der Waals surface area contributed by atoms with Crippen LogP contribution in [0.2, 0.25) is 0 Å². The summed E-state index contributed by atoms with van der Waals surface area (Å²) in [4.78, 5) is 2.76. The summed E-state index contributed by atoms with van der Waals surface area (Å²) in [7, 11) is 0. The van der Waals surface area contributed by atoms with E-state index in [-0.39, 0.29) is 5.38 Å². The second kappa shape index (κ2) is 5.55. The molecule has 0 spiro atoms. The molecule has 1 aromatic heterocycles. The molecule has 0 aliphatic rings. The van der Waals surface area contributed by atoms with Gasteiger partial charge in [0.2, 0.25) is 0 Å². The van der Waals surface area contributed by atoms with E-state index < -0.39 is 0 Å². The van der Waals surface area contributed by atoms with Crippen molar-refractivity contribution in [3.8, 4) is 0 Å². The molecule has 1 heterocycles. The molecule has 0 radical (unpaired) electrons. The molecule has 0 amide bonds. The van der Waals surface area contributed by atoms with Crippen LogP contribution >= 0.6 is 22.9 Å². The SMILES string of the molecule is CCc1ccc(C(Cl)CC(C)C(C)(C)C)s1. The van der Waals surface area contributed by atoms with Crippen molar-refractivity contribution in [3.05, 3.63) is 21.9 Å². The number of rotatable bonds is 4. The molecule has 92 valence electrons. The van der Waals surface area contributed by atoms with Crippen molar-refractivity contribution in [3.63, 3.8) is 0 Å². The second-order valence-corrected chi connectivity index (χ2v) is 7.35. The minimum absolute atomic E-state index is 0.180. The highest BCUT2D eigenvalue weighted by Gasteiger charge is 2.24. The predicted octanol–water partition coefficient (Wildman–Crippen LogP) is 5.66. The molecular weight excluding hydrogens is 236 g/mol. The van der Waals surface area contributed by atoms with Crippen molar-refractivity contribution in [1.29, 1.82) is 0 Å². The highest BCUT2D eigenvalue weighted by molar-refractivity contribution is 7.12. The molecule has 0 bridgehead atoms. The van der Waals surface area contributed by atoms with Gasteiger partial charge in [0, 0.05) is 9.75 Å². The standard InChI is InChI=1S/C14H23ClS/c1-6-11-7-8-13(16-11)12(15)9-10(2)14(3,4)5/h7-8,10,12H,6,9H2,1-5H3. The first-order valence-electron chi connectivity index (χ1n) is 6.07. The fourth-order valence-corrected chi connectivity index (χ4v) is 2.95. The van der Waals surface area contributed by atoms with E-state index in [1.54, 1.807) is 0 Å². The van der Waals surface area contributed by atoms with E-state index in [0.29, 0.717) is 11.3 Å². The van der Waals surface area contributed by atoms with Gasteiger partial charge in [-0.2, -0.15) is 0 Å². The molecule has 0 aromatic carbocycles. The van der Waals surface area contributed by atoms with E-state index in [0.717, 1.165) is 12.8 Å². The lowest BCUT2D eigenvalue weighted by Gasteiger charge is -2.28. The molecule has 0 N–H and O–H groups in total. The second-order valence-electron chi connectivity index (χ2n) is 5.63. The lowest BCUT2D eigenvalue weighted by molar-refractivity contribution is 0.245. The van der Waals surface area contributed by atoms with Crippen LogP contribution in [0.1, 0.15) is 56.2 Å². The molecule has 2 heteroatoms. The maximum atomic E-state index is 6.49. The first-order valence-corrected chi connectivity index (χ1v) is 7.32. The molecule has 0 nitrogen and oxygen atoms in total. The minimum Gasteiger partial charge on any atom is -0.144 e. The fourth-order valence-electron chi connectivity index (χ4n) is 1.53. The summed E-state index contributed by atoms with van der Waals surface area (Å²) < 4.78 is 0. The first kappa shape index (κ1) is 14.1. The van der Waals surface area contributed by atoms with Crippen molar-refractivity contribution in [2.75, 3.05) is 0 Å². The zero-order chi connectivity index (χ0) is 12.3. The van der Waals surface area contributed by atoms with E-state index in [1.807, 2.05) is 11.3 Å². The van der Waals surface area contributed by atoms with Crippen LogP contribution in [-0.2, 0) is 6.42 Å². The van der Waals surface area contributed by atoms with E-state index in [9.17, 15) is 0 Å². The van der Waals surface area contributed by atoms with Crippen LogP contribution < -0.4 is 0 Å². The molecular formula is C14H23ClS. The Hall–Kier alpha value is -0.0100. The molecule has 16 heavy (non-hydrogen) atoms. The van der Waals surface area contributed by atoms with Gasteiger partial charge in [0.25, 0.3) is 0 Å². The lowest BCUT2D eigenvalue weighted by Crippen LogP contribution is -2.18. The molecule has 0 saturated carbocycles. The smallest absolute Gasteiger partial charge is 0.0681 e. The number of aryl methyl sites for hydroxylation is 1. The topological polar surface area (TPSA) is 0 Å². The number of hydrogen-bond acceptors (Lipinski definition) is 1. The van der Waals surface area contributed by atoms with Crippen LogP contribution in [0.15, 0.2) is 12.1 Å². The van der Waals surface area contributed by atoms with E-state index in [1.165, 1.54) is 9.75 Å². The zero-order valence-corrected chi connectivity index (χ0v) is 12.6. The summed E-state index contributed by atoms with van der Waals surface area (Å²) in [5.41, 5.74) is 0.345. The van der Waals surface area contributed by atoms with Crippen LogP contribution in [0.25, 0.3) is 0 Å². The van der Waals surface area contributed by atoms with Crippen LogP contribution in [0, 0.1) is 11.3 Å². The minimum atomic E-state index is 0.180. The normalized spacial score (nSPS) is 16.1. The summed E-state index contributed by atoms with van der Waals surface area (Å²) in [5.74, 6) is 0.641. The summed E-state index contributed by atoms with van der Waals surface area (Å²) >= 11 is 8.35. The maximum absolute atomic E-state index is 6.49. The van der Waals surface area contributed by atoms with Gasteiger partial charge in [-0.1, -0.05) is 34.6 Å². The van der Waals surface area contributed by atoms with Crippen LogP contribution in [-0.4, -0.2) is 0 Å². The third kappa shape index (κ3) is 3.78.